The van der Waals surface area contributed by atoms with Gasteiger partial charge in [0.15, 0.2) is 0 Å². The molecule has 1 rings (SSSR count). The van der Waals surface area contributed by atoms with E-state index in [-0.39, 0.29) is 0 Å². The van der Waals surface area contributed by atoms with Gasteiger partial charge in [-0.15, -0.1) is 6.58 Å². The molecule has 58 valence electrons. The Morgan fingerprint density at radius 3 is 2.82 bits per heavy atom. The maximum atomic E-state index is 9.20. The van der Waals surface area contributed by atoms with E-state index >= 15 is 0 Å². The van der Waals surface area contributed by atoms with Gasteiger partial charge in [-0.25, -0.2) is 0 Å². The van der Waals surface area contributed by atoms with Crippen LogP contribution < -0.4 is 0 Å². The molecule has 0 saturated heterocycles. The van der Waals surface area contributed by atoms with Crippen molar-refractivity contribution in [3.8, 4) is 0 Å². The summed E-state index contributed by atoms with van der Waals surface area (Å²) in [6.45, 7) is 3.44. The predicted molar refractivity (Wildman–Crippen MR) is 44.4 cm³/mol. The van der Waals surface area contributed by atoms with Crippen LogP contribution in [0.15, 0.2) is 31.0 Å². The molecule has 11 heavy (non-hydrogen) atoms. The van der Waals surface area contributed by atoms with E-state index in [2.05, 4.69) is 11.6 Å². The normalized spacial score (nSPS) is 12.5. The molecule has 0 radical (unpaired) electrons. The van der Waals surface area contributed by atoms with E-state index in [9.17, 15) is 5.11 Å². The van der Waals surface area contributed by atoms with Crippen LogP contribution in [0.4, 0.5) is 0 Å². The van der Waals surface area contributed by atoms with Gasteiger partial charge in [-0.05, 0) is 12.1 Å². The average Bonchev–Trinajstić information content (AvgIpc) is 2.05. The van der Waals surface area contributed by atoms with E-state index in [1.807, 2.05) is 0 Å². The molecule has 0 aliphatic rings. The first-order valence-corrected chi connectivity index (χ1v) is 3.54. The lowest BCUT2D eigenvalue weighted by molar-refractivity contribution is 0.224. The highest BCUT2D eigenvalue weighted by Crippen LogP contribution is 2.12. The van der Waals surface area contributed by atoms with E-state index in [4.69, 9.17) is 11.6 Å². The standard InChI is InChI=1S/C8H8ClNO/c1-2-8(11)7-4-3-6(9)5-10-7/h2-5,8,11H,1H2. The van der Waals surface area contributed by atoms with Crippen LogP contribution in [0.25, 0.3) is 0 Å². The number of hydrogen-bond acceptors (Lipinski definition) is 2. The van der Waals surface area contributed by atoms with Crippen LogP contribution in [0, 0.1) is 0 Å². The largest absolute Gasteiger partial charge is 0.383 e. The van der Waals surface area contributed by atoms with Crippen molar-refractivity contribution in [3.63, 3.8) is 0 Å². The zero-order valence-electron chi connectivity index (χ0n) is 5.87. The molecule has 0 aliphatic heterocycles. The molecule has 3 heteroatoms. The van der Waals surface area contributed by atoms with Gasteiger partial charge in [0, 0.05) is 6.20 Å². The van der Waals surface area contributed by atoms with E-state index in [1.165, 1.54) is 12.3 Å². The Bertz CT molecular complexity index is 245. The van der Waals surface area contributed by atoms with E-state index < -0.39 is 6.10 Å². The minimum absolute atomic E-state index is 0.560. The van der Waals surface area contributed by atoms with Crippen molar-refractivity contribution in [2.24, 2.45) is 0 Å². The van der Waals surface area contributed by atoms with Gasteiger partial charge in [0.1, 0.15) is 6.10 Å². The maximum absolute atomic E-state index is 9.20. The number of hydrogen-bond donors (Lipinski definition) is 1. The molecule has 1 aromatic heterocycles. The summed E-state index contributed by atoms with van der Waals surface area (Å²) in [6.07, 6.45) is 2.20. The number of aliphatic hydroxyl groups is 1. The molecule has 0 spiro atoms. The molecule has 1 N–H and O–H groups in total. The average molecular weight is 170 g/mol. The monoisotopic (exact) mass is 169 g/mol. The number of nitrogens with zero attached hydrogens (tertiary/aromatic N) is 1. The summed E-state index contributed by atoms with van der Waals surface area (Å²) in [4.78, 5) is 3.90. The molecule has 0 aromatic carbocycles. The van der Waals surface area contributed by atoms with Gasteiger partial charge in [0.25, 0.3) is 0 Å². The van der Waals surface area contributed by atoms with Crippen molar-refractivity contribution in [3.05, 3.63) is 41.7 Å². The molecule has 1 heterocycles. The van der Waals surface area contributed by atoms with Crippen molar-refractivity contribution in [2.45, 2.75) is 6.10 Å². The summed E-state index contributed by atoms with van der Waals surface area (Å²) in [5, 5.41) is 9.76. The van der Waals surface area contributed by atoms with Gasteiger partial charge < -0.3 is 5.11 Å². The summed E-state index contributed by atoms with van der Waals surface area (Å²) in [5.41, 5.74) is 0.560. The first kappa shape index (κ1) is 8.24. The van der Waals surface area contributed by atoms with Gasteiger partial charge in [0.2, 0.25) is 0 Å². The Balaban J connectivity index is 2.89. The Kier molecular flexibility index (Phi) is 2.63. The Morgan fingerprint density at radius 1 is 1.64 bits per heavy atom. The third kappa shape index (κ3) is 2.03. The minimum Gasteiger partial charge on any atom is -0.383 e. The van der Waals surface area contributed by atoms with Crippen LogP contribution in [0.2, 0.25) is 5.02 Å². The van der Waals surface area contributed by atoms with Crippen LogP contribution in [-0.4, -0.2) is 10.1 Å². The number of aliphatic hydroxyl groups excluding tert-OH is 1. The fourth-order valence-electron chi connectivity index (χ4n) is 0.683. The second kappa shape index (κ2) is 3.51. The number of rotatable bonds is 2. The quantitative estimate of drug-likeness (QED) is 0.687. The minimum atomic E-state index is -0.702. The van der Waals surface area contributed by atoms with Gasteiger partial charge >= 0.3 is 0 Å². The lowest BCUT2D eigenvalue weighted by atomic mass is 10.2. The van der Waals surface area contributed by atoms with Crippen molar-refractivity contribution in [1.29, 1.82) is 0 Å². The topological polar surface area (TPSA) is 33.1 Å². The first-order chi connectivity index (χ1) is 5.24. The predicted octanol–water partition coefficient (Wildman–Crippen LogP) is 1.95. The summed E-state index contributed by atoms with van der Waals surface area (Å²) >= 11 is 5.59. The molecule has 1 aromatic rings. The summed E-state index contributed by atoms with van der Waals surface area (Å²) < 4.78 is 0. The summed E-state index contributed by atoms with van der Waals surface area (Å²) in [5.74, 6) is 0. The zero-order chi connectivity index (χ0) is 8.27. The van der Waals surface area contributed by atoms with Gasteiger partial charge in [-0.1, -0.05) is 17.7 Å². The van der Waals surface area contributed by atoms with Crippen molar-refractivity contribution >= 4 is 11.6 Å². The summed E-state index contributed by atoms with van der Waals surface area (Å²) in [7, 11) is 0. The molecular weight excluding hydrogens is 162 g/mol. The summed E-state index contributed by atoms with van der Waals surface area (Å²) in [6, 6.07) is 3.34. The third-order valence-electron chi connectivity index (χ3n) is 1.28. The molecule has 2 nitrogen and oxygen atoms in total. The molecule has 1 unspecified atom stereocenters. The van der Waals surface area contributed by atoms with Gasteiger partial charge in [-0.2, -0.15) is 0 Å². The highest BCUT2D eigenvalue weighted by molar-refractivity contribution is 6.30. The zero-order valence-corrected chi connectivity index (χ0v) is 6.62. The fraction of sp³-hybridized carbons (Fsp3) is 0.125. The van der Waals surface area contributed by atoms with Gasteiger partial charge in [0.05, 0.1) is 10.7 Å². The molecule has 0 saturated carbocycles. The van der Waals surface area contributed by atoms with Crippen molar-refractivity contribution in [2.75, 3.05) is 0 Å². The molecular formula is C8H8ClNO. The number of halogens is 1. The molecule has 0 amide bonds. The second-order valence-corrected chi connectivity index (χ2v) is 2.52. The van der Waals surface area contributed by atoms with Crippen LogP contribution in [0.3, 0.4) is 0 Å². The Hall–Kier alpha value is -0.860. The smallest absolute Gasteiger partial charge is 0.114 e. The van der Waals surface area contributed by atoms with Crippen LogP contribution in [0.5, 0.6) is 0 Å². The molecule has 1 atom stereocenters. The van der Waals surface area contributed by atoms with Crippen LogP contribution in [-0.2, 0) is 0 Å². The van der Waals surface area contributed by atoms with Crippen molar-refractivity contribution < 1.29 is 5.11 Å². The fourth-order valence-corrected chi connectivity index (χ4v) is 0.795. The molecule has 0 bridgehead atoms. The highest BCUT2D eigenvalue weighted by Gasteiger charge is 2.02. The van der Waals surface area contributed by atoms with E-state index in [0.717, 1.165) is 0 Å². The number of aromatic nitrogens is 1. The lowest BCUT2D eigenvalue weighted by Crippen LogP contribution is -1.94. The van der Waals surface area contributed by atoms with E-state index in [1.54, 1.807) is 12.1 Å². The highest BCUT2D eigenvalue weighted by atomic mass is 35.5. The van der Waals surface area contributed by atoms with Crippen molar-refractivity contribution in [1.82, 2.24) is 4.98 Å². The second-order valence-electron chi connectivity index (χ2n) is 2.08. The van der Waals surface area contributed by atoms with Crippen LogP contribution >= 0.6 is 11.6 Å². The van der Waals surface area contributed by atoms with Crippen LogP contribution in [0.1, 0.15) is 11.8 Å². The molecule has 0 aliphatic carbocycles. The Morgan fingerprint density at radius 2 is 2.36 bits per heavy atom. The third-order valence-corrected chi connectivity index (χ3v) is 1.50. The number of pyridine rings is 1. The first-order valence-electron chi connectivity index (χ1n) is 3.16. The Labute approximate surface area is 70.2 Å². The van der Waals surface area contributed by atoms with Gasteiger partial charge in [-0.3, -0.25) is 4.98 Å². The van der Waals surface area contributed by atoms with E-state index in [0.29, 0.717) is 10.7 Å². The molecule has 0 fully saturated rings. The SMILES string of the molecule is C=CC(O)c1ccc(Cl)cn1. The lowest BCUT2D eigenvalue weighted by Gasteiger charge is -2.02. The maximum Gasteiger partial charge on any atom is 0.114 e.